The number of benzene rings is 1. The molecule has 1 nitrogen and oxygen atoms in total. The van der Waals surface area contributed by atoms with Gasteiger partial charge < -0.3 is 4.74 Å². The molecule has 1 unspecified atom stereocenters. The van der Waals surface area contributed by atoms with Crippen LogP contribution in [-0.4, -0.2) is 6.61 Å². The third-order valence-electron chi connectivity index (χ3n) is 3.87. The molecule has 0 N–H and O–H groups in total. The van der Waals surface area contributed by atoms with E-state index in [1.54, 1.807) is 0 Å². The van der Waals surface area contributed by atoms with E-state index in [0.29, 0.717) is 5.92 Å². The first-order chi connectivity index (χ1) is 10.3. The van der Waals surface area contributed by atoms with Crippen LogP contribution in [0.15, 0.2) is 42.7 Å². The maximum Gasteiger partial charge on any atom is 0.0913 e. The number of allylic oxidation sites excluding steroid dienone is 1. The summed E-state index contributed by atoms with van der Waals surface area (Å²) in [5, 5.41) is 0. The smallest absolute Gasteiger partial charge is 0.0913 e. The second kappa shape index (κ2) is 12.5. The lowest BCUT2D eigenvalue weighted by Crippen LogP contribution is -1.95. The van der Waals surface area contributed by atoms with Crippen LogP contribution in [0.2, 0.25) is 0 Å². The highest BCUT2D eigenvalue weighted by Crippen LogP contribution is 2.13. The zero-order valence-corrected chi connectivity index (χ0v) is 13.9. The fourth-order valence-corrected chi connectivity index (χ4v) is 2.42. The quantitative estimate of drug-likeness (QED) is 0.331. The van der Waals surface area contributed by atoms with Gasteiger partial charge in [0.25, 0.3) is 0 Å². The molecule has 1 aromatic rings. The van der Waals surface area contributed by atoms with Crippen molar-refractivity contribution in [3.63, 3.8) is 0 Å². The van der Waals surface area contributed by atoms with Crippen molar-refractivity contribution >= 4 is 0 Å². The predicted molar refractivity (Wildman–Crippen MR) is 92.4 cm³/mol. The number of ether oxygens (including phenoxy) is 1. The summed E-state index contributed by atoms with van der Waals surface area (Å²) in [6.45, 7) is 5.32. The fourth-order valence-electron chi connectivity index (χ4n) is 2.42. The molecule has 0 aliphatic carbocycles. The summed E-state index contributed by atoms with van der Waals surface area (Å²) in [5.41, 5.74) is 1.34. The lowest BCUT2D eigenvalue weighted by molar-refractivity contribution is 0.251. The van der Waals surface area contributed by atoms with Gasteiger partial charge >= 0.3 is 0 Å². The first-order valence-corrected chi connectivity index (χ1v) is 8.65. The number of hydrogen-bond acceptors (Lipinski definition) is 1. The topological polar surface area (TPSA) is 9.23 Å². The lowest BCUT2D eigenvalue weighted by atomic mass is 10.0. The average molecular weight is 288 g/mol. The molecule has 118 valence electrons. The molecule has 0 aliphatic rings. The number of rotatable bonds is 12. The molecule has 0 bridgehead atoms. The molecule has 1 heteroatoms. The van der Waals surface area contributed by atoms with Crippen molar-refractivity contribution in [1.82, 2.24) is 0 Å². The van der Waals surface area contributed by atoms with Crippen LogP contribution in [0.1, 0.15) is 64.4 Å². The molecule has 1 aromatic carbocycles. The second-order valence-electron chi connectivity index (χ2n) is 5.97. The third-order valence-corrected chi connectivity index (χ3v) is 3.87. The molecule has 0 amide bonds. The van der Waals surface area contributed by atoms with Crippen LogP contribution in [0.5, 0.6) is 0 Å². The van der Waals surface area contributed by atoms with Gasteiger partial charge in [-0.1, -0.05) is 82.7 Å². The third kappa shape index (κ3) is 10.2. The second-order valence-corrected chi connectivity index (χ2v) is 5.97. The molecule has 1 rings (SSSR count). The summed E-state index contributed by atoms with van der Waals surface area (Å²) in [6.07, 6.45) is 14.6. The van der Waals surface area contributed by atoms with Gasteiger partial charge in [-0.05, 0) is 24.0 Å². The molecule has 0 radical (unpaired) electrons. The molecule has 0 saturated carbocycles. The van der Waals surface area contributed by atoms with Gasteiger partial charge in [0.1, 0.15) is 0 Å². The van der Waals surface area contributed by atoms with E-state index < -0.39 is 0 Å². The average Bonchev–Trinajstić information content (AvgIpc) is 2.51. The normalized spacial score (nSPS) is 12.7. The first-order valence-electron chi connectivity index (χ1n) is 8.65. The zero-order valence-electron chi connectivity index (χ0n) is 13.9. The van der Waals surface area contributed by atoms with E-state index in [1.807, 2.05) is 12.3 Å². The number of unbranched alkanes of at least 4 members (excludes halogenated alkanes) is 5. The summed E-state index contributed by atoms with van der Waals surface area (Å²) in [5.74, 6) is 0.632. The van der Waals surface area contributed by atoms with E-state index >= 15 is 0 Å². The molecular formula is C20H32O. The van der Waals surface area contributed by atoms with E-state index in [-0.39, 0.29) is 0 Å². The van der Waals surface area contributed by atoms with E-state index in [9.17, 15) is 0 Å². The minimum atomic E-state index is 0.632. The van der Waals surface area contributed by atoms with Crippen molar-refractivity contribution in [1.29, 1.82) is 0 Å². The van der Waals surface area contributed by atoms with E-state index in [0.717, 1.165) is 13.0 Å². The maximum absolute atomic E-state index is 5.59. The van der Waals surface area contributed by atoms with Crippen molar-refractivity contribution in [3.05, 3.63) is 48.2 Å². The zero-order chi connectivity index (χ0) is 15.2. The van der Waals surface area contributed by atoms with Gasteiger partial charge in [-0.3, -0.25) is 0 Å². The highest BCUT2D eigenvalue weighted by Gasteiger charge is 1.97. The van der Waals surface area contributed by atoms with Gasteiger partial charge in [0.15, 0.2) is 0 Å². The van der Waals surface area contributed by atoms with E-state index in [2.05, 4.69) is 44.2 Å². The van der Waals surface area contributed by atoms with E-state index in [1.165, 1.54) is 50.5 Å². The molecule has 0 fully saturated rings. The Kier molecular flexibility index (Phi) is 10.6. The summed E-state index contributed by atoms with van der Waals surface area (Å²) in [4.78, 5) is 0. The van der Waals surface area contributed by atoms with Crippen LogP contribution < -0.4 is 0 Å². The monoisotopic (exact) mass is 288 g/mol. The molecule has 0 aliphatic heterocycles. The van der Waals surface area contributed by atoms with Gasteiger partial charge in [-0.2, -0.15) is 0 Å². The van der Waals surface area contributed by atoms with Gasteiger partial charge in [-0.25, -0.2) is 0 Å². The molecule has 0 spiro atoms. The highest BCUT2D eigenvalue weighted by molar-refractivity contribution is 5.14. The van der Waals surface area contributed by atoms with Gasteiger partial charge in [-0.15, -0.1) is 0 Å². The molecule has 21 heavy (non-hydrogen) atoms. The van der Waals surface area contributed by atoms with Crippen molar-refractivity contribution in [2.75, 3.05) is 6.61 Å². The minimum Gasteiger partial charge on any atom is -0.501 e. The maximum atomic E-state index is 5.59. The highest BCUT2D eigenvalue weighted by atomic mass is 16.5. The van der Waals surface area contributed by atoms with E-state index in [4.69, 9.17) is 4.74 Å². The molecule has 0 heterocycles. The largest absolute Gasteiger partial charge is 0.501 e. The minimum absolute atomic E-state index is 0.632. The van der Waals surface area contributed by atoms with Crippen LogP contribution >= 0.6 is 0 Å². The van der Waals surface area contributed by atoms with Crippen LogP contribution in [0.25, 0.3) is 0 Å². The van der Waals surface area contributed by atoms with Crippen LogP contribution in [-0.2, 0) is 11.2 Å². The number of hydrogen-bond donors (Lipinski definition) is 0. The fraction of sp³-hybridized carbons (Fsp3) is 0.600. The Bertz CT molecular complexity index is 355. The molecule has 0 saturated heterocycles. The van der Waals surface area contributed by atoms with Crippen LogP contribution in [0.3, 0.4) is 0 Å². The summed E-state index contributed by atoms with van der Waals surface area (Å²) in [7, 11) is 0. The van der Waals surface area contributed by atoms with Crippen molar-refractivity contribution in [2.24, 2.45) is 5.92 Å². The Morgan fingerprint density at radius 1 is 1.00 bits per heavy atom. The standard InChI is InChI=1S/C20H32O/c1-3-4-5-6-7-9-12-19(2)15-17-21-18-16-20-13-10-8-11-14-20/h8,10-11,13-15,17,19H,3-7,9,12,16,18H2,1-2H3. The molecule has 1 atom stereocenters. The van der Waals surface area contributed by atoms with Gasteiger partial charge in [0, 0.05) is 6.42 Å². The van der Waals surface area contributed by atoms with Crippen LogP contribution in [0.4, 0.5) is 0 Å². The first kappa shape index (κ1) is 17.8. The van der Waals surface area contributed by atoms with Crippen molar-refractivity contribution < 1.29 is 4.74 Å². The van der Waals surface area contributed by atoms with Crippen molar-refractivity contribution in [3.8, 4) is 0 Å². The predicted octanol–water partition coefficient (Wildman–Crippen LogP) is 6.15. The Morgan fingerprint density at radius 2 is 1.71 bits per heavy atom. The van der Waals surface area contributed by atoms with Gasteiger partial charge in [0.2, 0.25) is 0 Å². The summed E-state index contributed by atoms with van der Waals surface area (Å²) >= 11 is 0. The summed E-state index contributed by atoms with van der Waals surface area (Å²) < 4.78 is 5.59. The lowest BCUT2D eigenvalue weighted by Gasteiger charge is -2.06. The van der Waals surface area contributed by atoms with Crippen LogP contribution in [0, 0.1) is 5.92 Å². The molecule has 0 aromatic heterocycles. The van der Waals surface area contributed by atoms with Gasteiger partial charge in [0.05, 0.1) is 12.9 Å². The Hall–Kier alpha value is -1.24. The SMILES string of the molecule is CCCCCCCCC(C)C=COCCc1ccccc1. The Balaban J connectivity index is 1.97. The van der Waals surface area contributed by atoms with Crippen molar-refractivity contribution in [2.45, 2.75) is 65.2 Å². The Labute approximate surface area is 131 Å². The Morgan fingerprint density at radius 3 is 2.48 bits per heavy atom. The molecular weight excluding hydrogens is 256 g/mol. The summed E-state index contributed by atoms with van der Waals surface area (Å²) in [6, 6.07) is 10.5.